The minimum atomic E-state index is -3.29. The van der Waals surface area contributed by atoms with Crippen LogP contribution < -0.4 is 0 Å². The molecule has 4 nitrogen and oxygen atoms in total. The Morgan fingerprint density at radius 1 is 1.53 bits per heavy atom. The van der Waals surface area contributed by atoms with E-state index in [1.165, 1.54) is 13.0 Å². The molecule has 86 valence electrons. The van der Waals surface area contributed by atoms with Crippen molar-refractivity contribution in [1.29, 1.82) is 0 Å². The SMILES string of the molecule is CC(N=C=O)S(=O)(=O)CC1CSCCS1. The van der Waals surface area contributed by atoms with Gasteiger partial charge in [0.2, 0.25) is 6.08 Å². The van der Waals surface area contributed by atoms with E-state index in [2.05, 4.69) is 4.99 Å². The van der Waals surface area contributed by atoms with Crippen LogP contribution in [0.4, 0.5) is 0 Å². The van der Waals surface area contributed by atoms with Crippen molar-refractivity contribution in [3.05, 3.63) is 0 Å². The van der Waals surface area contributed by atoms with Crippen molar-refractivity contribution < 1.29 is 13.2 Å². The predicted molar refractivity (Wildman–Crippen MR) is 64.9 cm³/mol. The summed E-state index contributed by atoms with van der Waals surface area (Å²) in [5.74, 6) is 3.05. The minimum absolute atomic E-state index is 0.108. The quantitative estimate of drug-likeness (QED) is 0.560. The van der Waals surface area contributed by atoms with Crippen LogP contribution in [0.1, 0.15) is 6.92 Å². The lowest BCUT2D eigenvalue weighted by Gasteiger charge is -2.21. The molecule has 1 rings (SSSR count). The smallest absolute Gasteiger partial charge is 0.227 e. The predicted octanol–water partition coefficient (Wildman–Crippen LogP) is 0.932. The molecular weight excluding hydrogens is 254 g/mol. The molecule has 1 aliphatic rings. The van der Waals surface area contributed by atoms with Gasteiger partial charge in [-0.25, -0.2) is 13.2 Å². The first-order valence-corrected chi connectivity index (χ1v) is 8.46. The molecule has 0 aliphatic carbocycles. The molecule has 0 bridgehead atoms. The second kappa shape index (κ2) is 5.94. The van der Waals surface area contributed by atoms with E-state index in [1.807, 2.05) is 0 Å². The van der Waals surface area contributed by atoms with E-state index >= 15 is 0 Å². The van der Waals surface area contributed by atoms with Crippen LogP contribution in [0.2, 0.25) is 0 Å². The van der Waals surface area contributed by atoms with Crippen LogP contribution in [-0.4, -0.2) is 48.1 Å². The maximum atomic E-state index is 11.7. The van der Waals surface area contributed by atoms with E-state index < -0.39 is 15.2 Å². The molecule has 0 aromatic heterocycles. The monoisotopic (exact) mass is 267 g/mol. The Morgan fingerprint density at radius 3 is 2.80 bits per heavy atom. The van der Waals surface area contributed by atoms with Crippen LogP contribution in [0, 0.1) is 0 Å². The van der Waals surface area contributed by atoms with Crippen molar-refractivity contribution in [1.82, 2.24) is 0 Å². The number of carbonyl (C=O) groups excluding carboxylic acids is 1. The molecule has 7 heteroatoms. The third kappa shape index (κ3) is 4.18. The number of isocyanates is 1. The van der Waals surface area contributed by atoms with E-state index in [-0.39, 0.29) is 11.0 Å². The number of nitrogens with zero attached hydrogens (tertiary/aromatic N) is 1. The zero-order valence-electron chi connectivity index (χ0n) is 8.38. The van der Waals surface area contributed by atoms with Crippen molar-refractivity contribution in [2.24, 2.45) is 4.99 Å². The van der Waals surface area contributed by atoms with Gasteiger partial charge in [0.05, 0.1) is 5.75 Å². The Labute approximate surface area is 98.2 Å². The van der Waals surface area contributed by atoms with E-state index in [9.17, 15) is 13.2 Å². The maximum absolute atomic E-state index is 11.7. The van der Waals surface area contributed by atoms with Gasteiger partial charge in [0.25, 0.3) is 0 Å². The highest BCUT2D eigenvalue weighted by Gasteiger charge is 2.26. The largest absolute Gasteiger partial charge is 0.236 e. The van der Waals surface area contributed by atoms with Crippen LogP contribution in [-0.2, 0) is 14.6 Å². The summed E-state index contributed by atoms with van der Waals surface area (Å²) in [6.45, 7) is 1.42. The topological polar surface area (TPSA) is 63.6 Å². The second-order valence-corrected chi connectivity index (χ2v) is 8.12. The Balaban J connectivity index is 2.58. The van der Waals surface area contributed by atoms with Gasteiger partial charge in [0, 0.05) is 22.5 Å². The molecular formula is C8H13NO3S3. The van der Waals surface area contributed by atoms with Gasteiger partial charge in [-0.15, -0.1) is 0 Å². The summed E-state index contributed by atoms with van der Waals surface area (Å²) < 4.78 is 23.4. The lowest BCUT2D eigenvalue weighted by molar-refractivity contribution is 0.558. The van der Waals surface area contributed by atoms with Gasteiger partial charge in [0.1, 0.15) is 0 Å². The molecule has 1 heterocycles. The molecule has 0 saturated carbocycles. The van der Waals surface area contributed by atoms with E-state index in [0.717, 1.165) is 17.3 Å². The highest BCUT2D eigenvalue weighted by molar-refractivity contribution is 8.07. The van der Waals surface area contributed by atoms with Gasteiger partial charge in [-0.05, 0) is 6.92 Å². The van der Waals surface area contributed by atoms with E-state index in [0.29, 0.717) is 0 Å². The molecule has 0 radical (unpaired) electrons. The normalized spacial score (nSPS) is 24.2. The lowest BCUT2D eigenvalue weighted by Crippen LogP contribution is -2.29. The zero-order chi connectivity index (χ0) is 11.3. The van der Waals surface area contributed by atoms with E-state index in [4.69, 9.17) is 0 Å². The first kappa shape index (κ1) is 13.1. The van der Waals surface area contributed by atoms with Crippen LogP contribution in [0.15, 0.2) is 4.99 Å². The second-order valence-electron chi connectivity index (χ2n) is 3.22. The van der Waals surface area contributed by atoms with Gasteiger partial charge < -0.3 is 0 Å². The minimum Gasteiger partial charge on any atom is -0.227 e. The summed E-state index contributed by atoms with van der Waals surface area (Å²) in [5, 5.41) is -0.819. The molecule has 15 heavy (non-hydrogen) atoms. The average Bonchev–Trinajstić information content (AvgIpc) is 2.19. The highest BCUT2D eigenvalue weighted by Crippen LogP contribution is 2.26. The van der Waals surface area contributed by atoms with Gasteiger partial charge in [-0.2, -0.15) is 28.5 Å². The molecule has 0 amide bonds. The van der Waals surface area contributed by atoms with Crippen molar-refractivity contribution in [3.63, 3.8) is 0 Å². The standard InChI is InChI=1S/C8H13NO3S3/c1-7(9-6-10)15(11,12)5-8-4-13-2-3-14-8/h7-8H,2-5H2,1H3. The van der Waals surface area contributed by atoms with E-state index in [1.54, 1.807) is 23.5 Å². The van der Waals surface area contributed by atoms with Crippen LogP contribution in [0.5, 0.6) is 0 Å². The Bertz CT molecular complexity index is 342. The van der Waals surface area contributed by atoms with Crippen LogP contribution >= 0.6 is 23.5 Å². The molecule has 1 fully saturated rings. The number of hydrogen-bond acceptors (Lipinski definition) is 6. The summed E-state index contributed by atoms with van der Waals surface area (Å²) in [7, 11) is -3.29. The molecule has 1 saturated heterocycles. The van der Waals surface area contributed by atoms with Crippen molar-refractivity contribution in [2.75, 3.05) is 23.0 Å². The fourth-order valence-electron chi connectivity index (χ4n) is 1.19. The number of hydrogen-bond donors (Lipinski definition) is 0. The van der Waals surface area contributed by atoms with Gasteiger partial charge >= 0.3 is 0 Å². The first-order chi connectivity index (χ1) is 7.06. The Hall–Kier alpha value is 0.0300. The number of thioether (sulfide) groups is 2. The van der Waals surface area contributed by atoms with Crippen molar-refractivity contribution >= 4 is 39.4 Å². The number of rotatable bonds is 4. The molecule has 2 atom stereocenters. The van der Waals surface area contributed by atoms with Crippen molar-refractivity contribution in [3.8, 4) is 0 Å². The highest BCUT2D eigenvalue weighted by atomic mass is 32.2. The lowest BCUT2D eigenvalue weighted by atomic mass is 10.5. The summed E-state index contributed by atoms with van der Waals surface area (Å²) in [4.78, 5) is 13.2. The summed E-state index contributed by atoms with van der Waals surface area (Å²) in [6.07, 6.45) is 1.29. The fraction of sp³-hybridized carbons (Fsp3) is 0.875. The number of sulfone groups is 1. The molecule has 0 N–H and O–H groups in total. The van der Waals surface area contributed by atoms with Crippen LogP contribution in [0.3, 0.4) is 0 Å². The molecule has 1 aliphatic heterocycles. The summed E-state index contributed by atoms with van der Waals surface area (Å²) >= 11 is 3.46. The van der Waals surface area contributed by atoms with Crippen molar-refractivity contribution in [2.45, 2.75) is 17.5 Å². The number of aliphatic imine (C=N–C) groups is 1. The zero-order valence-corrected chi connectivity index (χ0v) is 10.8. The molecule has 0 spiro atoms. The average molecular weight is 267 g/mol. The summed E-state index contributed by atoms with van der Waals surface area (Å²) in [6, 6.07) is 0. The third-order valence-electron chi connectivity index (χ3n) is 2.06. The molecule has 0 aromatic rings. The summed E-state index contributed by atoms with van der Waals surface area (Å²) in [5.41, 5.74) is 0. The van der Waals surface area contributed by atoms with Gasteiger partial charge in [-0.3, -0.25) is 0 Å². The fourth-order valence-corrected chi connectivity index (χ4v) is 5.82. The van der Waals surface area contributed by atoms with Gasteiger partial charge in [-0.1, -0.05) is 0 Å². The maximum Gasteiger partial charge on any atom is 0.236 e. The third-order valence-corrected chi connectivity index (χ3v) is 7.13. The first-order valence-electron chi connectivity index (χ1n) is 4.54. The Morgan fingerprint density at radius 2 is 2.27 bits per heavy atom. The Kier molecular flexibility index (Phi) is 5.18. The van der Waals surface area contributed by atoms with Crippen LogP contribution in [0.25, 0.3) is 0 Å². The molecule has 0 aromatic carbocycles. The molecule has 2 unspecified atom stereocenters. The van der Waals surface area contributed by atoms with Gasteiger partial charge in [0.15, 0.2) is 15.2 Å².